The van der Waals surface area contributed by atoms with Gasteiger partial charge in [0.25, 0.3) is 5.91 Å². The molecule has 2 aromatic carbocycles. The second-order valence-electron chi connectivity index (χ2n) is 7.70. The van der Waals surface area contributed by atoms with Crippen molar-refractivity contribution in [2.45, 2.75) is 19.4 Å². The van der Waals surface area contributed by atoms with E-state index in [9.17, 15) is 29.4 Å². The minimum Gasteiger partial charge on any atom is -0.479 e. The van der Waals surface area contributed by atoms with Gasteiger partial charge in [-0.15, -0.1) is 0 Å². The van der Waals surface area contributed by atoms with Gasteiger partial charge in [-0.05, 0) is 61.4 Å². The Morgan fingerprint density at radius 2 is 1.53 bits per heavy atom. The largest absolute Gasteiger partial charge is 0.479 e. The Labute approximate surface area is 254 Å². The zero-order valence-corrected chi connectivity index (χ0v) is 25.6. The average molecular weight is 743 g/mol. The van der Waals surface area contributed by atoms with Crippen LogP contribution in [0.2, 0.25) is 0 Å². The van der Waals surface area contributed by atoms with Gasteiger partial charge in [0.15, 0.2) is 0 Å². The van der Waals surface area contributed by atoms with Crippen LogP contribution in [0.1, 0.15) is 34.8 Å². The Balaban J connectivity index is 0.00000684. The topological polar surface area (TPSA) is 212 Å². The van der Waals surface area contributed by atoms with Crippen molar-refractivity contribution in [1.29, 1.82) is 5.41 Å². The van der Waals surface area contributed by atoms with Gasteiger partial charge in [0.1, 0.15) is 11.6 Å². The smallest absolute Gasteiger partial charge is 0.343 e. The number of carboxylic acids is 2. The molecule has 0 saturated carbocycles. The number of benzene rings is 2. The fourth-order valence-electron chi connectivity index (χ4n) is 3.22. The van der Waals surface area contributed by atoms with Crippen LogP contribution in [0, 0.1) is 49.5 Å². The van der Waals surface area contributed by atoms with Crippen LogP contribution in [-0.2, 0) is 19.1 Å². The molecule has 38 heavy (non-hydrogen) atoms. The quantitative estimate of drug-likeness (QED) is 0.0467. The van der Waals surface area contributed by atoms with Crippen LogP contribution in [0.4, 0.5) is 0 Å². The molecule has 0 unspecified atom stereocenters. The van der Waals surface area contributed by atoms with E-state index >= 15 is 0 Å². The minimum atomic E-state index is -2.04. The number of nitrogen functional groups attached to an aromatic ring is 1. The third-order valence-corrected chi connectivity index (χ3v) is 5.03. The molecule has 0 aromatic heterocycles. The molecule has 0 fully saturated rings. The number of carboxylic acid groups (broad SMARTS) is 2. The van der Waals surface area contributed by atoms with Crippen molar-refractivity contribution in [3.05, 3.63) is 70.8 Å². The Morgan fingerprint density at radius 3 is 2.00 bits per heavy atom. The standard InChI is InChI=1S/C25H27N3O8.Ac.H2O/c1-15(22(29)28(12-3-13-35-2)20(23(30)31)24(32)33)14-16-4-6-18(7-5-16)25(34)36-19-10-8-17(9-11-19)21(26)27;;/h4-11,14,20H,3,12-13H2,1-2H3,(H3,26,27)(H,30,31)(H,32,33);;1H2/b15-14+;;. The Kier molecular flexibility index (Phi) is 15.3. The molecule has 0 aliphatic rings. The molecular weight excluding hydrogens is 713 g/mol. The van der Waals surface area contributed by atoms with Crippen molar-refractivity contribution in [3.63, 3.8) is 0 Å². The summed E-state index contributed by atoms with van der Waals surface area (Å²) in [6.45, 7) is 1.54. The summed E-state index contributed by atoms with van der Waals surface area (Å²) in [6.07, 6.45) is 1.71. The predicted octanol–water partition coefficient (Wildman–Crippen LogP) is 1.17. The van der Waals surface area contributed by atoms with Crippen LogP contribution in [0.3, 0.4) is 0 Å². The van der Waals surface area contributed by atoms with E-state index in [-0.39, 0.29) is 91.8 Å². The number of rotatable bonds is 12. The number of carbonyl (C=O) groups is 4. The number of hydrogen-bond acceptors (Lipinski definition) is 7. The molecule has 13 heteroatoms. The summed E-state index contributed by atoms with van der Waals surface area (Å²) in [5.74, 6) is -4.51. The molecule has 0 heterocycles. The van der Waals surface area contributed by atoms with Crippen molar-refractivity contribution < 1.29 is 88.4 Å². The van der Waals surface area contributed by atoms with E-state index in [4.69, 9.17) is 20.6 Å². The van der Waals surface area contributed by atoms with Gasteiger partial charge in [-0.2, -0.15) is 0 Å². The normalized spacial score (nSPS) is 10.6. The first-order valence-corrected chi connectivity index (χ1v) is 10.8. The zero-order chi connectivity index (χ0) is 26.8. The third kappa shape index (κ3) is 9.98. The summed E-state index contributed by atoms with van der Waals surface area (Å²) in [6, 6.07) is 10.2. The second-order valence-corrected chi connectivity index (χ2v) is 7.70. The first kappa shape index (κ1) is 34.9. The van der Waals surface area contributed by atoms with Crippen molar-refractivity contribution in [2.75, 3.05) is 20.3 Å². The monoisotopic (exact) mass is 742 g/mol. The zero-order valence-electron chi connectivity index (χ0n) is 20.8. The number of methoxy groups -OCH3 is 1. The number of carbonyl (C=O) groups excluding carboxylic acids is 2. The van der Waals surface area contributed by atoms with Crippen LogP contribution >= 0.6 is 0 Å². The predicted molar refractivity (Wildman–Crippen MR) is 133 cm³/mol. The Bertz CT molecular complexity index is 1150. The van der Waals surface area contributed by atoms with Gasteiger partial charge >= 0.3 is 17.9 Å². The van der Waals surface area contributed by atoms with Crippen molar-refractivity contribution in [3.8, 4) is 5.75 Å². The van der Waals surface area contributed by atoms with Gasteiger partial charge in [-0.25, -0.2) is 14.4 Å². The maximum atomic E-state index is 12.9. The molecule has 2 aromatic rings. The molecule has 0 atom stereocenters. The van der Waals surface area contributed by atoms with Crippen LogP contribution in [0.15, 0.2) is 54.1 Å². The van der Waals surface area contributed by atoms with E-state index < -0.39 is 29.9 Å². The maximum absolute atomic E-state index is 12.9. The summed E-state index contributed by atoms with van der Waals surface area (Å²) in [7, 11) is 1.44. The molecule has 0 bridgehead atoms. The van der Waals surface area contributed by atoms with E-state index in [1.165, 1.54) is 44.4 Å². The van der Waals surface area contributed by atoms with E-state index in [2.05, 4.69) is 0 Å². The number of nitrogens with one attached hydrogen (secondary N) is 1. The summed E-state index contributed by atoms with van der Waals surface area (Å²) in [5, 5.41) is 26.0. The van der Waals surface area contributed by atoms with Crippen LogP contribution in [-0.4, -0.2) is 76.5 Å². The SMILES string of the molecule is COCCCN(C(=O)/C(C)=C/c1ccc(C(=O)Oc2ccc(C(=N)N)cc2)cc1)C(C(=O)O)C(=O)O.O.[Ac]. The summed E-state index contributed by atoms with van der Waals surface area (Å²) < 4.78 is 10.2. The number of nitrogens with zero attached hydrogens (tertiary/aromatic N) is 1. The minimum absolute atomic E-state index is 0. The fourth-order valence-corrected chi connectivity index (χ4v) is 3.22. The number of aliphatic carboxylic acids is 2. The fraction of sp³-hybridized carbons (Fsp3) is 0.240. The molecule has 0 spiro atoms. The average Bonchev–Trinajstić information content (AvgIpc) is 2.83. The van der Waals surface area contributed by atoms with Gasteiger partial charge in [-0.3, -0.25) is 10.2 Å². The number of esters is 1. The van der Waals surface area contributed by atoms with Gasteiger partial charge in [-0.1, -0.05) is 12.1 Å². The number of nitrogens with two attached hydrogens (primary N) is 1. The van der Waals surface area contributed by atoms with Crippen LogP contribution in [0.25, 0.3) is 6.08 Å². The molecule has 12 nitrogen and oxygen atoms in total. The molecular formula is C25H29AcN3O9. The first-order valence-electron chi connectivity index (χ1n) is 10.8. The molecule has 7 N–H and O–H groups in total. The van der Waals surface area contributed by atoms with Gasteiger partial charge in [0, 0.05) is 75.5 Å². The van der Waals surface area contributed by atoms with E-state index in [0.717, 1.165) is 4.90 Å². The number of amidine groups is 1. The second kappa shape index (κ2) is 16.7. The molecule has 1 amide bonds. The number of ether oxygens (including phenoxy) is 2. The van der Waals surface area contributed by atoms with E-state index in [0.29, 0.717) is 11.1 Å². The van der Waals surface area contributed by atoms with Gasteiger partial charge < -0.3 is 35.8 Å². The molecule has 201 valence electrons. The third-order valence-electron chi connectivity index (χ3n) is 5.03. The van der Waals surface area contributed by atoms with Gasteiger partial charge in [0.05, 0.1) is 5.56 Å². The molecule has 0 aliphatic carbocycles. The Hall–Kier alpha value is -3.11. The Morgan fingerprint density at radius 1 is 1.00 bits per heavy atom. The van der Waals surface area contributed by atoms with Crippen molar-refractivity contribution in [2.24, 2.45) is 5.73 Å². The van der Waals surface area contributed by atoms with Crippen LogP contribution in [0.5, 0.6) is 5.75 Å². The summed E-state index contributed by atoms with van der Waals surface area (Å²) in [5.41, 5.74) is 6.77. The van der Waals surface area contributed by atoms with Crippen molar-refractivity contribution >= 4 is 35.7 Å². The first-order chi connectivity index (χ1) is 17.0. The summed E-state index contributed by atoms with van der Waals surface area (Å²) in [4.78, 5) is 49.1. The van der Waals surface area contributed by atoms with E-state index in [1.54, 1.807) is 24.3 Å². The molecule has 0 aliphatic heterocycles. The molecule has 0 saturated heterocycles. The summed E-state index contributed by atoms with van der Waals surface area (Å²) >= 11 is 0. The van der Waals surface area contributed by atoms with Crippen LogP contribution < -0.4 is 10.5 Å². The number of hydrogen-bond donors (Lipinski definition) is 4. The van der Waals surface area contributed by atoms with E-state index in [1.807, 2.05) is 0 Å². The van der Waals surface area contributed by atoms with Gasteiger partial charge in [0.2, 0.25) is 6.04 Å². The molecule has 1 radical (unpaired) electrons. The van der Waals surface area contributed by atoms with Crippen molar-refractivity contribution in [1.82, 2.24) is 4.90 Å². The number of amides is 1. The maximum Gasteiger partial charge on any atom is 0.343 e. The molecule has 2 rings (SSSR count).